The minimum Gasteiger partial charge on any atom is -0.489 e. The number of fused-ring (bicyclic) bond motifs is 3. The minimum absolute atomic E-state index is 0.167. The van der Waals surface area contributed by atoms with E-state index in [4.69, 9.17) is 14.8 Å². The molecule has 2 aromatic rings. The summed E-state index contributed by atoms with van der Waals surface area (Å²) in [7, 11) is -1.59. The van der Waals surface area contributed by atoms with Crippen LogP contribution in [0.5, 0.6) is 5.75 Å². The van der Waals surface area contributed by atoms with E-state index in [0.717, 1.165) is 18.4 Å². The zero-order valence-corrected chi connectivity index (χ0v) is 9.58. The second-order valence-corrected chi connectivity index (χ2v) is 3.86. The van der Waals surface area contributed by atoms with Crippen LogP contribution >= 0.6 is 0 Å². The van der Waals surface area contributed by atoms with Gasteiger partial charge >= 0.3 is 7.12 Å². The van der Waals surface area contributed by atoms with Crippen LogP contribution in [0.25, 0.3) is 0 Å². The van der Waals surface area contributed by atoms with Crippen LogP contribution in [0, 0.1) is 5.82 Å². The van der Waals surface area contributed by atoms with Gasteiger partial charge in [0, 0.05) is 0 Å². The first kappa shape index (κ1) is 12.6. The molecule has 92 valence electrons. The highest BCUT2D eigenvalue weighted by Gasteiger charge is 2.09. The van der Waals surface area contributed by atoms with E-state index in [9.17, 15) is 4.39 Å². The smallest absolute Gasteiger partial charge is 0.488 e. The first-order valence-electron chi connectivity index (χ1n) is 5.48. The van der Waals surface area contributed by atoms with Crippen molar-refractivity contribution in [2.24, 2.45) is 0 Å². The molecule has 2 aliphatic rings. The normalized spacial score (nSPS) is 11.3. The third-order valence-corrected chi connectivity index (χ3v) is 2.48. The molecule has 0 fully saturated rings. The van der Waals surface area contributed by atoms with Gasteiger partial charge in [0.25, 0.3) is 0 Å². The lowest BCUT2D eigenvalue weighted by Crippen LogP contribution is -2.29. The molecule has 0 amide bonds. The Morgan fingerprint density at radius 1 is 1.06 bits per heavy atom. The second-order valence-electron chi connectivity index (χ2n) is 3.86. The van der Waals surface area contributed by atoms with Crippen molar-refractivity contribution in [3.05, 3.63) is 59.9 Å². The zero-order chi connectivity index (χ0) is 13.0. The molecule has 2 heterocycles. The molecule has 0 unspecified atom stereocenters. The van der Waals surface area contributed by atoms with Gasteiger partial charge in [0.2, 0.25) is 0 Å². The van der Waals surface area contributed by atoms with Gasteiger partial charge in [-0.1, -0.05) is 24.3 Å². The average Bonchev–Trinajstić information content (AvgIpc) is 2.41. The molecule has 4 rings (SSSR count). The van der Waals surface area contributed by atoms with E-state index in [1.54, 1.807) is 0 Å². The summed E-state index contributed by atoms with van der Waals surface area (Å²) in [6, 6.07) is 13.3. The molecule has 0 atom stereocenters. The Hall–Kier alpha value is -1.85. The number of hydrogen-bond donors (Lipinski definition) is 2. The van der Waals surface area contributed by atoms with Gasteiger partial charge in [0.05, 0.1) is 0 Å². The highest BCUT2D eigenvalue weighted by molar-refractivity contribution is 6.58. The van der Waals surface area contributed by atoms with E-state index in [0.29, 0.717) is 0 Å². The molecule has 5 heteroatoms. The van der Waals surface area contributed by atoms with Crippen LogP contribution in [-0.4, -0.2) is 17.2 Å². The third-order valence-electron chi connectivity index (χ3n) is 2.48. The van der Waals surface area contributed by atoms with Gasteiger partial charge in [-0.25, -0.2) is 4.39 Å². The molecule has 0 aromatic heterocycles. The average molecular weight is 246 g/mol. The topological polar surface area (TPSA) is 49.7 Å². The summed E-state index contributed by atoms with van der Waals surface area (Å²) >= 11 is 0. The van der Waals surface area contributed by atoms with E-state index in [2.05, 4.69) is 12.1 Å². The van der Waals surface area contributed by atoms with Crippen molar-refractivity contribution in [1.82, 2.24) is 0 Å². The maximum atomic E-state index is 12.3. The summed E-state index contributed by atoms with van der Waals surface area (Å²) in [5.74, 6) is 0.519. The van der Waals surface area contributed by atoms with E-state index in [1.165, 1.54) is 23.8 Å². The van der Waals surface area contributed by atoms with Crippen LogP contribution in [-0.2, 0) is 6.61 Å². The van der Waals surface area contributed by atoms with Gasteiger partial charge in [0.15, 0.2) is 0 Å². The van der Waals surface area contributed by atoms with E-state index in [-0.39, 0.29) is 5.46 Å². The molecule has 2 aliphatic heterocycles. The summed E-state index contributed by atoms with van der Waals surface area (Å²) in [5.41, 5.74) is 1.43. The number of rotatable bonds is 1. The van der Waals surface area contributed by atoms with Gasteiger partial charge in [-0.15, -0.1) is 0 Å². The molecular weight excluding hydrogens is 234 g/mol. The Morgan fingerprint density at radius 3 is 2.06 bits per heavy atom. The highest BCUT2D eigenvalue weighted by Crippen LogP contribution is 2.19. The van der Waals surface area contributed by atoms with Crippen molar-refractivity contribution in [3.63, 3.8) is 0 Å². The molecule has 0 aliphatic carbocycles. The Morgan fingerprint density at radius 2 is 1.78 bits per heavy atom. The second kappa shape index (κ2) is 5.66. The molecule has 2 aromatic carbocycles. The zero-order valence-electron chi connectivity index (χ0n) is 9.58. The van der Waals surface area contributed by atoms with Crippen LogP contribution in [0.1, 0.15) is 5.56 Å². The van der Waals surface area contributed by atoms with Crippen molar-refractivity contribution in [3.8, 4) is 5.75 Å². The van der Waals surface area contributed by atoms with Gasteiger partial charge in [0.1, 0.15) is 18.2 Å². The van der Waals surface area contributed by atoms with Crippen molar-refractivity contribution in [2.45, 2.75) is 6.61 Å². The predicted molar refractivity (Wildman–Crippen MR) is 67.0 cm³/mol. The fraction of sp³-hybridized carbons (Fsp3) is 0.0769. The molecule has 0 saturated heterocycles. The molecule has 0 spiro atoms. The lowest BCUT2D eigenvalue weighted by atomic mass is 9.80. The summed E-state index contributed by atoms with van der Waals surface area (Å²) in [6.07, 6.45) is 0. The number of benzene rings is 2. The fourth-order valence-electron chi connectivity index (χ4n) is 1.52. The predicted octanol–water partition coefficient (Wildman–Crippen LogP) is 1.08. The summed E-state index contributed by atoms with van der Waals surface area (Å²) < 4.78 is 17.5. The van der Waals surface area contributed by atoms with E-state index in [1.807, 2.05) is 12.1 Å². The van der Waals surface area contributed by atoms with Crippen LogP contribution in [0.15, 0.2) is 48.5 Å². The molecule has 18 heavy (non-hydrogen) atoms. The molecular formula is C13H12BFO3. The summed E-state index contributed by atoms with van der Waals surface area (Å²) in [5, 5.41) is 17.1. The molecule has 0 saturated carbocycles. The molecule has 0 radical (unpaired) electrons. The van der Waals surface area contributed by atoms with Gasteiger partial charge < -0.3 is 14.8 Å². The third kappa shape index (κ3) is 3.32. The van der Waals surface area contributed by atoms with Gasteiger partial charge in [-0.05, 0) is 35.3 Å². The van der Waals surface area contributed by atoms with Crippen LogP contribution < -0.4 is 10.2 Å². The monoisotopic (exact) mass is 246 g/mol. The van der Waals surface area contributed by atoms with Crippen molar-refractivity contribution in [2.75, 3.05) is 0 Å². The Labute approximate surface area is 105 Å². The summed E-state index contributed by atoms with van der Waals surface area (Å²) in [4.78, 5) is 0. The van der Waals surface area contributed by atoms with Crippen molar-refractivity contribution in [1.29, 1.82) is 0 Å². The lowest BCUT2D eigenvalue weighted by molar-refractivity contribution is 0.295. The maximum absolute atomic E-state index is 12.3. The Bertz CT molecular complexity index is 491. The number of halogens is 1. The minimum atomic E-state index is -1.59. The van der Waals surface area contributed by atoms with Gasteiger partial charge in [-0.3, -0.25) is 0 Å². The highest BCUT2D eigenvalue weighted by atomic mass is 19.1. The van der Waals surface area contributed by atoms with Crippen molar-refractivity contribution < 1.29 is 19.2 Å². The van der Waals surface area contributed by atoms with E-state index >= 15 is 0 Å². The van der Waals surface area contributed by atoms with Crippen LogP contribution in [0.2, 0.25) is 0 Å². The molecule has 2 bridgehead atoms. The first-order valence-corrected chi connectivity index (χ1v) is 5.48. The number of hydrogen-bond acceptors (Lipinski definition) is 3. The molecule has 3 nitrogen and oxygen atoms in total. The molecule has 2 N–H and O–H groups in total. The largest absolute Gasteiger partial charge is 0.489 e. The summed E-state index contributed by atoms with van der Waals surface area (Å²) in [6.45, 7) is 0.766. The van der Waals surface area contributed by atoms with Crippen molar-refractivity contribution >= 4 is 12.6 Å². The van der Waals surface area contributed by atoms with Crippen LogP contribution in [0.4, 0.5) is 4.39 Å². The standard InChI is InChI=1S/C7H6O.C6H6BFO2/c1-3-7-4-2-6(1)5-8-7;8-6-3-1-2-5(4-6)7(9)10/h1-4H,5H2;1-4,9-10H. The Balaban J connectivity index is 0.000000136. The lowest BCUT2D eigenvalue weighted by Gasteiger charge is -2.11. The maximum Gasteiger partial charge on any atom is 0.488 e. The quantitative estimate of drug-likeness (QED) is 0.740. The number of ether oxygens (including phenoxy) is 1. The van der Waals surface area contributed by atoms with Crippen LogP contribution in [0.3, 0.4) is 0 Å². The SMILES string of the molecule is OB(O)c1cccc(F)c1.c1cc2ccc1CO2. The Kier molecular flexibility index (Phi) is 3.97. The van der Waals surface area contributed by atoms with Gasteiger partial charge in [-0.2, -0.15) is 0 Å². The fourth-order valence-corrected chi connectivity index (χ4v) is 1.52. The van der Waals surface area contributed by atoms with E-state index < -0.39 is 12.9 Å². The first-order chi connectivity index (χ1) is 8.65.